The number of aromatic nitrogens is 1. The second kappa shape index (κ2) is 7.70. The van der Waals surface area contributed by atoms with Gasteiger partial charge in [0.25, 0.3) is 0 Å². The van der Waals surface area contributed by atoms with Crippen LogP contribution in [0.25, 0.3) is 0 Å². The van der Waals surface area contributed by atoms with Crippen LogP contribution in [0.15, 0.2) is 29.6 Å². The van der Waals surface area contributed by atoms with E-state index in [0.29, 0.717) is 30.7 Å². The van der Waals surface area contributed by atoms with Crippen LogP contribution in [-0.4, -0.2) is 23.5 Å². The Labute approximate surface area is 133 Å². The van der Waals surface area contributed by atoms with Gasteiger partial charge in [0, 0.05) is 11.8 Å². The highest BCUT2D eigenvalue weighted by atomic mass is 32.1. The molecule has 0 aliphatic heterocycles. The zero-order valence-corrected chi connectivity index (χ0v) is 13.4. The van der Waals surface area contributed by atoms with Gasteiger partial charge in [0.05, 0.1) is 28.6 Å². The molecule has 0 radical (unpaired) electrons. The maximum absolute atomic E-state index is 12.0. The quantitative estimate of drug-likeness (QED) is 0.831. The minimum Gasteiger partial charge on any atom is -0.462 e. The summed E-state index contributed by atoms with van der Waals surface area (Å²) >= 11 is 1.57. The highest BCUT2D eigenvalue weighted by Crippen LogP contribution is 2.17. The predicted octanol–water partition coefficient (Wildman–Crippen LogP) is 3.20. The van der Waals surface area contributed by atoms with Gasteiger partial charge >= 0.3 is 5.97 Å². The fraction of sp³-hybridized carbons (Fsp3) is 0.312. The maximum Gasteiger partial charge on any atom is 0.340 e. The van der Waals surface area contributed by atoms with Crippen LogP contribution < -0.4 is 5.32 Å². The zero-order chi connectivity index (χ0) is 15.9. The van der Waals surface area contributed by atoms with Crippen LogP contribution in [0.1, 0.15) is 34.4 Å². The van der Waals surface area contributed by atoms with Crippen molar-refractivity contribution in [3.05, 3.63) is 45.9 Å². The molecule has 0 fully saturated rings. The predicted molar refractivity (Wildman–Crippen MR) is 86.2 cm³/mol. The summed E-state index contributed by atoms with van der Waals surface area (Å²) in [5.41, 5.74) is 1.75. The number of thiazole rings is 1. The first-order chi connectivity index (χ1) is 10.6. The Hall–Kier alpha value is -2.21. The van der Waals surface area contributed by atoms with Crippen molar-refractivity contribution < 1.29 is 14.3 Å². The largest absolute Gasteiger partial charge is 0.462 e. The lowest BCUT2D eigenvalue weighted by atomic mass is 10.1. The van der Waals surface area contributed by atoms with E-state index in [1.54, 1.807) is 42.5 Å². The van der Waals surface area contributed by atoms with E-state index in [1.807, 2.05) is 12.3 Å². The van der Waals surface area contributed by atoms with Crippen molar-refractivity contribution in [2.75, 3.05) is 11.9 Å². The van der Waals surface area contributed by atoms with Crippen molar-refractivity contribution in [2.45, 2.75) is 26.7 Å². The lowest BCUT2D eigenvalue weighted by molar-refractivity contribution is -0.116. The number of carbonyl (C=O) groups is 2. The van der Waals surface area contributed by atoms with Gasteiger partial charge < -0.3 is 10.1 Å². The maximum atomic E-state index is 12.0. The molecule has 0 aliphatic carbocycles. The third-order valence-electron chi connectivity index (χ3n) is 2.97. The molecule has 1 N–H and O–H groups in total. The van der Waals surface area contributed by atoms with Gasteiger partial charge in [0.2, 0.25) is 5.91 Å². The van der Waals surface area contributed by atoms with Crippen LogP contribution in [0.5, 0.6) is 0 Å². The number of ether oxygens (including phenoxy) is 1. The van der Waals surface area contributed by atoms with Crippen LogP contribution >= 0.6 is 11.3 Å². The number of nitrogens with one attached hydrogen (secondary N) is 1. The molecule has 6 heteroatoms. The lowest BCUT2D eigenvalue weighted by Crippen LogP contribution is -2.16. The van der Waals surface area contributed by atoms with Crippen molar-refractivity contribution in [3.8, 4) is 0 Å². The van der Waals surface area contributed by atoms with Crippen molar-refractivity contribution in [1.82, 2.24) is 4.98 Å². The fourth-order valence-electron chi connectivity index (χ4n) is 1.96. The summed E-state index contributed by atoms with van der Waals surface area (Å²) in [5, 5.41) is 5.71. The molecular weight excluding hydrogens is 300 g/mol. The molecule has 22 heavy (non-hydrogen) atoms. The average Bonchev–Trinajstić information content (AvgIpc) is 2.91. The van der Waals surface area contributed by atoms with E-state index < -0.39 is 5.97 Å². The van der Waals surface area contributed by atoms with Crippen molar-refractivity contribution in [2.24, 2.45) is 0 Å². The second-order valence-electron chi connectivity index (χ2n) is 4.67. The smallest absolute Gasteiger partial charge is 0.340 e. The number of hydrogen-bond acceptors (Lipinski definition) is 5. The molecule has 1 heterocycles. The number of amides is 1. The molecule has 0 bridgehead atoms. The monoisotopic (exact) mass is 318 g/mol. The number of aryl methyl sites for hydroxylation is 2. The molecule has 0 aliphatic rings. The summed E-state index contributed by atoms with van der Waals surface area (Å²) in [4.78, 5) is 28.2. The van der Waals surface area contributed by atoms with E-state index in [0.717, 1.165) is 10.7 Å². The van der Waals surface area contributed by atoms with Gasteiger partial charge in [0.1, 0.15) is 0 Å². The molecule has 5 nitrogen and oxygen atoms in total. The van der Waals surface area contributed by atoms with Gasteiger partial charge in [-0.3, -0.25) is 4.79 Å². The molecule has 0 unspecified atom stereocenters. The second-order valence-corrected chi connectivity index (χ2v) is 5.73. The third-order valence-corrected chi connectivity index (χ3v) is 3.79. The summed E-state index contributed by atoms with van der Waals surface area (Å²) < 4.78 is 4.98. The lowest BCUT2D eigenvalue weighted by Gasteiger charge is -2.10. The zero-order valence-electron chi connectivity index (χ0n) is 12.6. The van der Waals surface area contributed by atoms with Crippen molar-refractivity contribution >= 4 is 28.9 Å². The van der Waals surface area contributed by atoms with E-state index in [1.165, 1.54) is 0 Å². The first kappa shape index (κ1) is 16.2. The molecule has 0 atom stereocenters. The van der Waals surface area contributed by atoms with Gasteiger partial charge in [-0.05, 0) is 32.4 Å². The van der Waals surface area contributed by atoms with Gasteiger partial charge in [-0.15, -0.1) is 11.3 Å². The highest BCUT2D eigenvalue weighted by Gasteiger charge is 2.14. The van der Waals surface area contributed by atoms with Gasteiger partial charge in [-0.25, -0.2) is 9.78 Å². The number of rotatable bonds is 6. The number of para-hydroxylation sites is 1. The highest BCUT2D eigenvalue weighted by molar-refractivity contribution is 7.09. The normalized spacial score (nSPS) is 10.3. The third kappa shape index (κ3) is 4.39. The van der Waals surface area contributed by atoms with Crippen molar-refractivity contribution in [3.63, 3.8) is 0 Å². The Kier molecular flexibility index (Phi) is 5.66. The SMILES string of the molecule is CCOC(=O)c1ccccc1NC(=O)CCc1csc(C)n1. The summed E-state index contributed by atoms with van der Waals surface area (Å²) in [7, 11) is 0. The standard InChI is InChI=1S/C16H18N2O3S/c1-3-21-16(20)13-6-4-5-7-14(13)18-15(19)9-8-12-10-22-11(2)17-12/h4-7,10H,3,8-9H2,1-2H3,(H,18,19). The topological polar surface area (TPSA) is 68.3 Å². The van der Waals surface area contributed by atoms with Crippen molar-refractivity contribution in [1.29, 1.82) is 0 Å². The van der Waals surface area contributed by atoms with E-state index >= 15 is 0 Å². The molecular formula is C16H18N2O3S. The number of benzene rings is 1. The molecule has 0 saturated carbocycles. The number of anilines is 1. The summed E-state index contributed by atoms with van der Waals surface area (Å²) in [6, 6.07) is 6.83. The first-order valence-corrected chi connectivity index (χ1v) is 7.95. The number of hydrogen-bond donors (Lipinski definition) is 1. The average molecular weight is 318 g/mol. The number of esters is 1. The minimum atomic E-state index is -0.437. The molecule has 116 valence electrons. The molecule has 0 spiro atoms. The molecule has 1 aromatic carbocycles. The fourth-order valence-corrected chi connectivity index (χ4v) is 2.60. The van der Waals surface area contributed by atoms with Crippen LogP contribution in [0.4, 0.5) is 5.69 Å². The van der Waals surface area contributed by atoms with E-state index in [-0.39, 0.29) is 5.91 Å². The van der Waals surface area contributed by atoms with Crippen LogP contribution in [0.2, 0.25) is 0 Å². The Bertz CT molecular complexity index is 667. The Morgan fingerprint density at radius 2 is 2.09 bits per heavy atom. The Morgan fingerprint density at radius 3 is 2.77 bits per heavy atom. The van der Waals surface area contributed by atoms with E-state index in [4.69, 9.17) is 4.74 Å². The summed E-state index contributed by atoms with van der Waals surface area (Å²) in [6.07, 6.45) is 0.901. The molecule has 1 aromatic heterocycles. The van der Waals surface area contributed by atoms with Crippen LogP contribution in [0, 0.1) is 6.92 Å². The van der Waals surface area contributed by atoms with E-state index in [9.17, 15) is 9.59 Å². The van der Waals surface area contributed by atoms with E-state index in [2.05, 4.69) is 10.3 Å². The molecule has 0 saturated heterocycles. The number of carbonyl (C=O) groups excluding carboxylic acids is 2. The Balaban J connectivity index is 1.97. The molecule has 2 rings (SSSR count). The van der Waals surface area contributed by atoms with Crippen LogP contribution in [-0.2, 0) is 16.0 Å². The molecule has 2 aromatic rings. The minimum absolute atomic E-state index is 0.151. The van der Waals surface area contributed by atoms with Gasteiger partial charge in [-0.1, -0.05) is 12.1 Å². The van der Waals surface area contributed by atoms with Crippen LogP contribution in [0.3, 0.4) is 0 Å². The summed E-state index contributed by atoms with van der Waals surface area (Å²) in [6.45, 7) is 3.98. The Morgan fingerprint density at radius 1 is 1.32 bits per heavy atom. The number of nitrogens with zero attached hydrogens (tertiary/aromatic N) is 1. The summed E-state index contributed by atoms with van der Waals surface area (Å²) in [5.74, 6) is -0.587. The van der Waals surface area contributed by atoms with Gasteiger partial charge in [0.15, 0.2) is 0 Å². The van der Waals surface area contributed by atoms with Gasteiger partial charge in [-0.2, -0.15) is 0 Å². The molecule has 1 amide bonds. The first-order valence-electron chi connectivity index (χ1n) is 7.07.